The topological polar surface area (TPSA) is 98.5 Å². The van der Waals surface area contributed by atoms with Crippen LogP contribution in [0.3, 0.4) is 0 Å². The Morgan fingerprint density at radius 1 is 1.25 bits per heavy atom. The van der Waals surface area contributed by atoms with Crippen LogP contribution in [0.25, 0.3) is 0 Å². The number of hydrogen-bond donors (Lipinski definition) is 2. The van der Waals surface area contributed by atoms with E-state index in [-0.39, 0.29) is 16.6 Å². The van der Waals surface area contributed by atoms with Crippen LogP contribution in [0.4, 0.5) is 0 Å². The van der Waals surface area contributed by atoms with Gasteiger partial charge in [0.1, 0.15) is 5.75 Å². The molecule has 0 saturated carbocycles. The van der Waals surface area contributed by atoms with Gasteiger partial charge in [0.15, 0.2) is 9.84 Å². The van der Waals surface area contributed by atoms with Gasteiger partial charge in [-0.15, -0.1) is 0 Å². The second-order valence-corrected chi connectivity index (χ2v) is 8.18. The first-order valence-corrected chi connectivity index (χ1v) is 9.76. The fraction of sp³-hybridized carbons (Fsp3) is 0.588. The van der Waals surface area contributed by atoms with Crippen molar-refractivity contribution in [1.29, 1.82) is 0 Å². The number of amides is 1. The molecule has 0 aromatic heterocycles. The Morgan fingerprint density at radius 2 is 1.79 bits per heavy atom. The normalized spacial score (nSPS) is 13.4. The van der Waals surface area contributed by atoms with Gasteiger partial charge < -0.3 is 15.8 Å². The zero-order chi connectivity index (χ0) is 18.4. The molecule has 0 heterocycles. The summed E-state index contributed by atoms with van der Waals surface area (Å²) in [5.41, 5.74) is 5.69. The zero-order valence-corrected chi connectivity index (χ0v) is 15.7. The molecule has 0 radical (unpaired) electrons. The Balaban J connectivity index is 2.70. The SMILES string of the molecule is CCC(N)(CC)CNC(=O)C(C)CS(=O)(=O)c1ccc(OC)cc1. The highest BCUT2D eigenvalue weighted by molar-refractivity contribution is 7.91. The van der Waals surface area contributed by atoms with E-state index in [4.69, 9.17) is 10.5 Å². The van der Waals surface area contributed by atoms with Gasteiger partial charge in [-0.1, -0.05) is 20.8 Å². The van der Waals surface area contributed by atoms with Crippen LogP contribution in [0.1, 0.15) is 33.6 Å². The minimum absolute atomic E-state index is 0.179. The van der Waals surface area contributed by atoms with Crippen molar-refractivity contribution in [1.82, 2.24) is 5.32 Å². The summed E-state index contributed by atoms with van der Waals surface area (Å²) in [5.74, 6) is -0.627. The van der Waals surface area contributed by atoms with Gasteiger partial charge in [-0.25, -0.2) is 8.42 Å². The smallest absolute Gasteiger partial charge is 0.223 e. The Hall–Kier alpha value is -1.60. The van der Waals surface area contributed by atoms with E-state index in [1.165, 1.54) is 19.2 Å². The van der Waals surface area contributed by atoms with Crippen molar-refractivity contribution in [3.63, 3.8) is 0 Å². The number of hydrogen-bond acceptors (Lipinski definition) is 5. The molecule has 1 aromatic rings. The lowest BCUT2D eigenvalue weighted by molar-refractivity contribution is -0.124. The van der Waals surface area contributed by atoms with Crippen molar-refractivity contribution in [3.05, 3.63) is 24.3 Å². The zero-order valence-electron chi connectivity index (χ0n) is 14.8. The third-order valence-electron chi connectivity index (χ3n) is 4.36. The first-order chi connectivity index (χ1) is 11.2. The summed E-state index contributed by atoms with van der Waals surface area (Å²) in [7, 11) is -2.03. The first-order valence-electron chi connectivity index (χ1n) is 8.11. The third kappa shape index (κ3) is 5.49. The molecular weight excluding hydrogens is 328 g/mol. The minimum Gasteiger partial charge on any atom is -0.497 e. The average molecular weight is 356 g/mol. The lowest BCUT2D eigenvalue weighted by atomic mass is 9.94. The van der Waals surface area contributed by atoms with Crippen LogP contribution in [0.2, 0.25) is 0 Å². The Labute approximate surface area is 144 Å². The number of nitrogens with one attached hydrogen (secondary N) is 1. The molecule has 1 aromatic carbocycles. The molecule has 136 valence electrons. The molecule has 1 amide bonds. The molecule has 0 spiro atoms. The summed E-state index contributed by atoms with van der Waals surface area (Å²) in [6.07, 6.45) is 1.48. The first kappa shape index (κ1) is 20.4. The largest absolute Gasteiger partial charge is 0.497 e. The van der Waals surface area contributed by atoms with E-state index in [1.807, 2.05) is 13.8 Å². The predicted octanol–water partition coefficient (Wildman–Crippen LogP) is 1.74. The Bertz CT molecular complexity index is 637. The molecule has 1 atom stereocenters. The highest BCUT2D eigenvalue weighted by atomic mass is 32.2. The molecule has 0 saturated heterocycles. The lowest BCUT2D eigenvalue weighted by Crippen LogP contribution is -2.50. The molecule has 1 unspecified atom stereocenters. The van der Waals surface area contributed by atoms with Crippen molar-refractivity contribution in [2.75, 3.05) is 19.4 Å². The lowest BCUT2D eigenvalue weighted by Gasteiger charge is -2.27. The van der Waals surface area contributed by atoms with Crippen molar-refractivity contribution >= 4 is 15.7 Å². The van der Waals surface area contributed by atoms with Crippen LogP contribution in [0.5, 0.6) is 5.75 Å². The van der Waals surface area contributed by atoms with Crippen LogP contribution in [0.15, 0.2) is 29.2 Å². The summed E-state index contributed by atoms with van der Waals surface area (Å²) < 4.78 is 29.8. The number of nitrogens with two attached hydrogens (primary N) is 1. The third-order valence-corrected chi connectivity index (χ3v) is 6.29. The summed E-state index contributed by atoms with van der Waals surface area (Å²) in [6.45, 7) is 5.87. The van der Waals surface area contributed by atoms with E-state index in [1.54, 1.807) is 19.1 Å². The molecule has 7 heteroatoms. The molecule has 0 bridgehead atoms. The van der Waals surface area contributed by atoms with E-state index in [0.717, 1.165) is 12.8 Å². The maximum absolute atomic E-state index is 12.4. The van der Waals surface area contributed by atoms with Crippen molar-refractivity contribution in [2.24, 2.45) is 11.7 Å². The molecular formula is C17H28N2O4S. The monoisotopic (exact) mass is 356 g/mol. The highest BCUT2D eigenvalue weighted by Crippen LogP contribution is 2.18. The van der Waals surface area contributed by atoms with E-state index < -0.39 is 21.3 Å². The molecule has 3 N–H and O–H groups in total. The van der Waals surface area contributed by atoms with Crippen LogP contribution in [-0.2, 0) is 14.6 Å². The van der Waals surface area contributed by atoms with Crippen molar-refractivity contribution < 1.29 is 17.9 Å². The summed E-state index contributed by atoms with van der Waals surface area (Å²) in [4.78, 5) is 12.4. The van der Waals surface area contributed by atoms with Crippen LogP contribution in [-0.4, -0.2) is 39.3 Å². The van der Waals surface area contributed by atoms with Crippen LogP contribution < -0.4 is 15.8 Å². The standard InChI is InChI=1S/C17H28N2O4S/c1-5-17(18,6-2)12-19-16(20)13(3)11-24(21,22)15-9-7-14(23-4)8-10-15/h7-10,13H,5-6,11-12,18H2,1-4H3,(H,19,20). The van der Waals surface area contributed by atoms with Gasteiger partial charge in [-0.05, 0) is 37.1 Å². The van der Waals surface area contributed by atoms with Gasteiger partial charge in [0, 0.05) is 18.0 Å². The number of rotatable bonds is 9. The van der Waals surface area contributed by atoms with Gasteiger partial charge in [-0.3, -0.25) is 4.79 Å². The predicted molar refractivity (Wildman–Crippen MR) is 94.7 cm³/mol. The van der Waals surface area contributed by atoms with E-state index in [2.05, 4.69) is 5.32 Å². The second kappa shape index (κ2) is 8.48. The second-order valence-electron chi connectivity index (χ2n) is 6.15. The fourth-order valence-electron chi connectivity index (χ4n) is 2.22. The van der Waals surface area contributed by atoms with E-state index in [9.17, 15) is 13.2 Å². The summed E-state index contributed by atoms with van der Waals surface area (Å²) in [5, 5.41) is 2.77. The molecule has 24 heavy (non-hydrogen) atoms. The van der Waals surface area contributed by atoms with Gasteiger partial charge in [-0.2, -0.15) is 0 Å². The number of benzene rings is 1. The number of sulfone groups is 1. The average Bonchev–Trinajstić information content (AvgIpc) is 2.58. The number of carbonyl (C=O) groups excluding carboxylic acids is 1. The summed E-state index contributed by atoms with van der Waals surface area (Å²) >= 11 is 0. The fourth-order valence-corrected chi connectivity index (χ4v) is 3.77. The number of methoxy groups -OCH3 is 1. The number of ether oxygens (including phenoxy) is 1. The van der Waals surface area contributed by atoms with Gasteiger partial charge >= 0.3 is 0 Å². The Morgan fingerprint density at radius 3 is 2.25 bits per heavy atom. The molecule has 0 fully saturated rings. The van der Waals surface area contributed by atoms with Crippen LogP contribution in [0, 0.1) is 5.92 Å². The van der Waals surface area contributed by atoms with E-state index >= 15 is 0 Å². The number of carbonyl (C=O) groups is 1. The molecule has 1 rings (SSSR count). The van der Waals surface area contributed by atoms with Crippen molar-refractivity contribution in [3.8, 4) is 5.75 Å². The van der Waals surface area contributed by atoms with Gasteiger partial charge in [0.05, 0.1) is 17.8 Å². The maximum atomic E-state index is 12.4. The van der Waals surface area contributed by atoms with Crippen LogP contribution >= 0.6 is 0 Å². The highest BCUT2D eigenvalue weighted by Gasteiger charge is 2.26. The molecule has 6 nitrogen and oxygen atoms in total. The van der Waals surface area contributed by atoms with Crippen molar-refractivity contribution in [2.45, 2.75) is 44.0 Å². The van der Waals surface area contributed by atoms with Gasteiger partial charge in [0.25, 0.3) is 0 Å². The molecule has 0 aliphatic heterocycles. The molecule has 0 aliphatic rings. The maximum Gasteiger partial charge on any atom is 0.223 e. The molecule has 0 aliphatic carbocycles. The quantitative estimate of drug-likeness (QED) is 0.702. The summed E-state index contributed by atoms with van der Waals surface area (Å²) in [6, 6.07) is 6.14. The van der Waals surface area contributed by atoms with Gasteiger partial charge in [0.2, 0.25) is 5.91 Å². The van der Waals surface area contributed by atoms with E-state index in [0.29, 0.717) is 12.3 Å². The minimum atomic E-state index is -3.54. The Kier molecular flexibility index (Phi) is 7.23.